The summed E-state index contributed by atoms with van der Waals surface area (Å²) in [4.78, 5) is 12.9. The lowest BCUT2D eigenvalue weighted by Gasteiger charge is -2.11. The van der Waals surface area contributed by atoms with Crippen molar-refractivity contribution in [1.82, 2.24) is 15.0 Å². The quantitative estimate of drug-likeness (QED) is 0.739. The third-order valence-corrected chi connectivity index (χ3v) is 3.84. The number of hydrogen-bond donors (Lipinski definition) is 2. The van der Waals surface area contributed by atoms with Gasteiger partial charge < -0.3 is 10.6 Å². The molecule has 5 nitrogen and oxygen atoms in total. The van der Waals surface area contributed by atoms with Crippen LogP contribution in [0.1, 0.15) is 22.5 Å². The van der Waals surface area contributed by atoms with E-state index in [-0.39, 0.29) is 0 Å². The van der Waals surface area contributed by atoms with Gasteiger partial charge in [-0.3, -0.25) is 4.98 Å². The van der Waals surface area contributed by atoms with Crippen molar-refractivity contribution in [1.29, 1.82) is 0 Å². The summed E-state index contributed by atoms with van der Waals surface area (Å²) in [7, 11) is 0. The van der Waals surface area contributed by atoms with Crippen molar-refractivity contribution in [2.24, 2.45) is 0 Å². The first-order valence-corrected chi connectivity index (χ1v) is 7.93. The summed E-state index contributed by atoms with van der Waals surface area (Å²) in [5.41, 5.74) is 4.71. The standard InChI is InChI=1S/C19H21N5/c1-13-4-5-17(10-14(13)2)24-19-11-18(22-15(3)23-19)21-12-16-6-8-20-9-7-16/h4-11H,12H2,1-3H3,(H2,21,22,23,24). The van der Waals surface area contributed by atoms with Gasteiger partial charge in [-0.05, 0) is 61.7 Å². The molecule has 0 saturated heterocycles. The molecule has 2 heterocycles. The van der Waals surface area contributed by atoms with Crippen LogP contribution in [-0.2, 0) is 6.54 Å². The maximum atomic E-state index is 4.46. The first-order valence-electron chi connectivity index (χ1n) is 7.93. The number of hydrogen-bond acceptors (Lipinski definition) is 5. The average molecular weight is 319 g/mol. The monoisotopic (exact) mass is 319 g/mol. The third kappa shape index (κ3) is 4.07. The summed E-state index contributed by atoms with van der Waals surface area (Å²) < 4.78 is 0. The second-order valence-electron chi connectivity index (χ2n) is 5.82. The highest BCUT2D eigenvalue weighted by atomic mass is 15.1. The highest BCUT2D eigenvalue weighted by Gasteiger charge is 2.04. The Bertz CT molecular complexity index is 830. The van der Waals surface area contributed by atoms with Gasteiger partial charge >= 0.3 is 0 Å². The lowest BCUT2D eigenvalue weighted by Crippen LogP contribution is -2.05. The molecule has 2 N–H and O–H groups in total. The topological polar surface area (TPSA) is 62.7 Å². The van der Waals surface area contributed by atoms with Crippen LogP contribution in [0.4, 0.5) is 17.3 Å². The van der Waals surface area contributed by atoms with Gasteiger partial charge in [0.15, 0.2) is 0 Å². The first-order chi connectivity index (χ1) is 11.6. The van der Waals surface area contributed by atoms with Crippen LogP contribution in [0.25, 0.3) is 0 Å². The van der Waals surface area contributed by atoms with Crippen LogP contribution in [0, 0.1) is 20.8 Å². The number of nitrogens with one attached hydrogen (secondary N) is 2. The fourth-order valence-corrected chi connectivity index (χ4v) is 2.38. The van der Waals surface area contributed by atoms with Crippen molar-refractivity contribution < 1.29 is 0 Å². The minimum atomic E-state index is 0.696. The number of aromatic nitrogens is 3. The smallest absolute Gasteiger partial charge is 0.136 e. The number of aryl methyl sites for hydroxylation is 3. The predicted molar refractivity (Wildman–Crippen MR) is 97.5 cm³/mol. The highest BCUT2D eigenvalue weighted by molar-refractivity contribution is 5.60. The zero-order valence-electron chi connectivity index (χ0n) is 14.2. The zero-order chi connectivity index (χ0) is 16.9. The van der Waals surface area contributed by atoms with Crippen LogP contribution in [-0.4, -0.2) is 15.0 Å². The van der Waals surface area contributed by atoms with E-state index in [1.807, 2.05) is 25.1 Å². The largest absolute Gasteiger partial charge is 0.366 e. The minimum Gasteiger partial charge on any atom is -0.366 e. The molecule has 0 aliphatic carbocycles. The molecular weight excluding hydrogens is 298 g/mol. The zero-order valence-corrected chi connectivity index (χ0v) is 14.2. The Hall–Kier alpha value is -2.95. The normalized spacial score (nSPS) is 10.5. The van der Waals surface area contributed by atoms with Crippen LogP contribution >= 0.6 is 0 Å². The van der Waals surface area contributed by atoms with Gasteiger partial charge in [0, 0.05) is 30.7 Å². The first kappa shape index (κ1) is 15.9. The van der Waals surface area contributed by atoms with E-state index in [1.54, 1.807) is 12.4 Å². The molecule has 1 aromatic carbocycles. The van der Waals surface area contributed by atoms with Crippen molar-refractivity contribution in [3.63, 3.8) is 0 Å². The van der Waals surface area contributed by atoms with Crippen molar-refractivity contribution in [2.75, 3.05) is 10.6 Å². The molecule has 2 aromatic heterocycles. The van der Waals surface area contributed by atoms with E-state index in [9.17, 15) is 0 Å². The number of anilines is 3. The third-order valence-electron chi connectivity index (χ3n) is 3.84. The molecule has 0 aliphatic heterocycles. The van der Waals surface area contributed by atoms with Crippen molar-refractivity contribution in [3.8, 4) is 0 Å². The molecule has 3 rings (SSSR count). The molecule has 0 spiro atoms. The number of rotatable bonds is 5. The summed E-state index contributed by atoms with van der Waals surface area (Å²) in [5, 5.41) is 6.68. The molecule has 24 heavy (non-hydrogen) atoms. The average Bonchev–Trinajstić information content (AvgIpc) is 2.57. The van der Waals surface area contributed by atoms with Crippen molar-refractivity contribution in [2.45, 2.75) is 27.3 Å². The summed E-state index contributed by atoms with van der Waals surface area (Å²) in [6.07, 6.45) is 3.57. The molecule has 0 unspecified atom stereocenters. The molecule has 5 heteroatoms. The molecular formula is C19H21N5. The minimum absolute atomic E-state index is 0.696. The summed E-state index contributed by atoms with van der Waals surface area (Å²) in [6, 6.07) is 12.2. The molecule has 0 aliphatic rings. The number of pyridine rings is 1. The van der Waals surface area contributed by atoms with E-state index in [4.69, 9.17) is 0 Å². The molecule has 0 radical (unpaired) electrons. The fourth-order valence-electron chi connectivity index (χ4n) is 2.38. The fraction of sp³-hybridized carbons (Fsp3) is 0.211. The van der Waals surface area contributed by atoms with E-state index in [2.05, 4.69) is 57.6 Å². The Kier molecular flexibility index (Phi) is 4.70. The summed E-state index contributed by atoms with van der Waals surface area (Å²) >= 11 is 0. The highest BCUT2D eigenvalue weighted by Crippen LogP contribution is 2.20. The van der Waals surface area contributed by atoms with Crippen molar-refractivity contribution >= 4 is 17.3 Å². The van der Waals surface area contributed by atoms with Gasteiger partial charge in [-0.15, -0.1) is 0 Å². The van der Waals surface area contributed by atoms with Crippen LogP contribution in [0.5, 0.6) is 0 Å². The van der Waals surface area contributed by atoms with Crippen LogP contribution in [0.2, 0.25) is 0 Å². The van der Waals surface area contributed by atoms with E-state index >= 15 is 0 Å². The van der Waals surface area contributed by atoms with E-state index in [0.717, 1.165) is 28.7 Å². The van der Waals surface area contributed by atoms with E-state index in [1.165, 1.54) is 11.1 Å². The summed E-state index contributed by atoms with van der Waals surface area (Å²) in [5.74, 6) is 2.30. The second-order valence-corrected chi connectivity index (χ2v) is 5.82. The second kappa shape index (κ2) is 7.08. The maximum Gasteiger partial charge on any atom is 0.136 e. The van der Waals surface area contributed by atoms with E-state index in [0.29, 0.717) is 6.54 Å². The predicted octanol–water partition coefficient (Wildman–Crippen LogP) is 4.15. The molecule has 0 amide bonds. The Morgan fingerprint density at radius 3 is 2.33 bits per heavy atom. The molecule has 3 aromatic rings. The molecule has 122 valence electrons. The van der Waals surface area contributed by atoms with Crippen LogP contribution in [0.15, 0.2) is 48.8 Å². The number of benzene rings is 1. The van der Waals surface area contributed by atoms with Gasteiger partial charge in [-0.25, -0.2) is 9.97 Å². The Morgan fingerprint density at radius 2 is 1.58 bits per heavy atom. The Labute approximate surface area is 142 Å². The van der Waals surface area contributed by atoms with E-state index < -0.39 is 0 Å². The van der Waals surface area contributed by atoms with Gasteiger partial charge in [0.1, 0.15) is 17.5 Å². The van der Waals surface area contributed by atoms with Gasteiger partial charge in [0.2, 0.25) is 0 Å². The Balaban J connectivity index is 1.74. The molecule has 0 bridgehead atoms. The Morgan fingerprint density at radius 1 is 0.833 bits per heavy atom. The van der Waals surface area contributed by atoms with Crippen LogP contribution < -0.4 is 10.6 Å². The summed E-state index contributed by atoms with van der Waals surface area (Å²) in [6.45, 7) is 6.80. The molecule has 0 fully saturated rings. The van der Waals surface area contributed by atoms with Gasteiger partial charge in [-0.2, -0.15) is 0 Å². The lowest BCUT2D eigenvalue weighted by molar-refractivity contribution is 1.02. The van der Waals surface area contributed by atoms with Crippen molar-refractivity contribution in [3.05, 3.63) is 71.3 Å². The SMILES string of the molecule is Cc1nc(NCc2ccncc2)cc(Nc2ccc(C)c(C)c2)n1. The van der Waals surface area contributed by atoms with Crippen LogP contribution in [0.3, 0.4) is 0 Å². The lowest BCUT2D eigenvalue weighted by atomic mass is 10.1. The van der Waals surface area contributed by atoms with Gasteiger partial charge in [0.05, 0.1) is 0 Å². The maximum absolute atomic E-state index is 4.46. The number of nitrogens with zero attached hydrogens (tertiary/aromatic N) is 3. The molecule has 0 atom stereocenters. The van der Waals surface area contributed by atoms with Gasteiger partial charge in [0.25, 0.3) is 0 Å². The molecule has 0 saturated carbocycles. The van der Waals surface area contributed by atoms with Gasteiger partial charge in [-0.1, -0.05) is 6.07 Å².